The molecule has 0 bridgehead atoms. The predicted octanol–water partition coefficient (Wildman–Crippen LogP) is 22.7. The smallest absolute Gasteiger partial charge is 0.220 e. The van der Waals surface area contributed by atoms with Crippen molar-refractivity contribution in [3.05, 3.63) is 85.1 Å². The molecule has 0 aromatic rings. The summed E-state index contributed by atoms with van der Waals surface area (Å²) in [7, 11) is 0. The lowest BCUT2D eigenvalue weighted by Gasteiger charge is -2.22. The molecule has 0 heterocycles. The molecule has 0 aromatic heterocycles. The van der Waals surface area contributed by atoms with E-state index in [0.29, 0.717) is 12.8 Å². The zero-order chi connectivity index (χ0) is 54.1. The van der Waals surface area contributed by atoms with Gasteiger partial charge in [0.1, 0.15) is 0 Å². The third kappa shape index (κ3) is 62.3. The number of carbonyl (C=O) groups excluding carboxylic acids is 1. The van der Waals surface area contributed by atoms with Gasteiger partial charge in [-0.1, -0.05) is 349 Å². The van der Waals surface area contributed by atoms with Crippen LogP contribution in [0.4, 0.5) is 0 Å². The van der Waals surface area contributed by atoms with Crippen LogP contribution in [0.5, 0.6) is 0 Å². The highest BCUT2D eigenvalue weighted by molar-refractivity contribution is 5.76. The van der Waals surface area contributed by atoms with Crippen molar-refractivity contribution in [1.29, 1.82) is 0 Å². The minimum absolute atomic E-state index is 0.0331. The minimum Gasteiger partial charge on any atom is -0.394 e. The number of aliphatic hydroxyl groups excluding tert-OH is 2. The number of nitrogens with one attached hydrogen (secondary N) is 1. The summed E-state index contributed by atoms with van der Waals surface area (Å²) in [5.74, 6) is -0.0331. The molecule has 0 rings (SSSR count). The number of unbranched alkanes of at least 4 members (excludes halogenated alkanes) is 40. The van der Waals surface area contributed by atoms with Gasteiger partial charge in [-0.2, -0.15) is 0 Å². The first-order valence-electron chi connectivity index (χ1n) is 33.3. The molecule has 4 nitrogen and oxygen atoms in total. The van der Waals surface area contributed by atoms with Crippen LogP contribution in [0.2, 0.25) is 0 Å². The molecular weight excluding hydrogens is 915 g/mol. The number of rotatable bonds is 61. The summed E-state index contributed by atoms with van der Waals surface area (Å²) >= 11 is 0. The quantitative estimate of drug-likeness (QED) is 0.0420. The first-order valence-corrected chi connectivity index (χ1v) is 33.3. The van der Waals surface area contributed by atoms with Crippen LogP contribution in [0, 0.1) is 0 Å². The SMILES string of the molecule is CC/C=C\C/C=C\C/C=C\C/C=C\C/C=C\C/C=C\C/C=C\CCCCCCCCCCCCCC(=O)NC(CO)C(O)CCCCCCCCCCCCCCCCCCCCCCCCCCCCCCCC. The van der Waals surface area contributed by atoms with E-state index in [4.69, 9.17) is 0 Å². The molecule has 0 aliphatic carbocycles. The lowest BCUT2D eigenvalue weighted by atomic mass is 10.0. The van der Waals surface area contributed by atoms with Crippen LogP contribution in [-0.2, 0) is 4.79 Å². The maximum atomic E-state index is 12.6. The molecule has 0 saturated carbocycles. The predicted molar refractivity (Wildman–Crippen MR) is 336 cm³/mol. The number of aliphatic hydroxyl groups is 2. The average Bonchev–Trinajstić information content (AvgIpc) is 3.41. The second-order valence-corrected chi connectivity index (χ2v) is 22.5. The molecule has 2 unspecified atom stereocenters. The maximum absolute atomic E-state index is 12.6. The lowest BCUT2D eigenvalue weighted by molar-refractivity contribution is -0.123. The van der Waals surface area contributed by atoms with Gasteiger partial charge in [-0.3, -0.25) is 4.79 Å². The lowest BCUT2D eigenvalue weighted by Crippen LogP contribution is -2.45. The Morgan fingerprint density at radius 2 is 0.587 bits per heavy atom. The summed E-state index contributed by atoms with van der Waals surface area (Å²) in [5.41, 5.74) is 0. The van der Waals surface area contributed by atoms with E-state index in [9.17, 15) is 15.0 Å². The summed E-state index contributed by atoms with van der Waals surface area (Å²) in [6.45, 7) is 4.27. The van der Waals surface area contributed by atoms with E-state index in [1.807, 2.05) is 0 Å². The van der Waals surface area contributed by atoms with Crippen LogP contribution in [-0.4, -0.2) is 34.9 Å². The first-order chi connectivity index (χ1) is 37.2. The highest BCUT2D eigenvalue weighted by Gasteiger charge is 2.20. The van der Waals surface area contributed by atoms with Crippen LogP contribution >= 0.6 is 0 Å². The molecule has 75 heavy (non-hydrogen) atoms. The van der Waals surface area contributed by atoms with Gasteiger partial charge in [-0.05, 0) is 70.6 Å². The third-order valence-corrected chi connectivity index (χ3v) is 15.2. The summed E-state index contributed by atoms with van der Waals surface area (Å²) in [4.78, 5) is 12.6. The Balaban J connectivity index is 3.47. The largest absolute Gasteiger partial charge is 0.394 e. The van der Waals surface area contributed by atoms with Gasteiger partial charge in [-0.15, -0.1) is 0 Å². The molecular formula is C71H129NO3. The molecule has 0 aliphatic heterocycles. The van der Waals surface area contributed by atoms with Crippen molar-refractivity contribution in [3.8, 4) is 0 Å². The van der Waals surface area contributed by atoms with Crippen LogP contribution < -0.4 is 5.32 Å². The molecule has 436 valence electrons. The number of amides is 1. The van der Waals surface area contributed by atoms with Crippen molar-refractivity contribution >= 4 is 5.91 Å². The van der Waals surface area contributed by atoms with Crippen LogP contribution in [0.1, 0.15) is 341 Å². The van der Waals surface area contributed by atoms with E-state index < -0.39 is 12.1 Å². The van der Waals surface area contributed by atoms with Gasteiger partial charge in [0, 0.05) is 6.42 Å². The fourth-order valence-electron chi connectivity index (χ4n) is 10.2. The Labute approximate surface area is 469 Å². The van der Waals surface area contributed by atoms with Gasteiger partial charge >= 0.3 is 0 Å². The van der Waals surface area contributed by atoms with Gasteiger partial charge in [0.05, 0.1) is 18.8 Å². The Kier molecular flexibility index (Phi) is 63.7. The van der Waals surface area contributed by atoms with Crippen molar-refractivity contribution in [3.63, 3.8) is 0 Å². The van der Waals surface area contributed by atoms with Crippen molar-refractivity contribution in [2.75, 3.05) is 6.61 Å². The monoisotopic (exact) mass is 1040 g/mol. The summed E-state index contributed by atoms with van der Waals surface area (Å²) in [5, 5.41) is 23.5. The van der Waals surface area contributed by atoms with E-state index >= 15 is 0 Å². The van der Waals surface area contributed by atoms with Gasteiger partial charge in [0.25, 0.3) is 0 Å². The number of hydrogen-bond donors (Lipinski definition) is 3. The third-order valence-electron chi connectivity index (χ3n) is 15.2. The van der Waals surface area contributed by atoms with Crippen molar-refractivity contribution in [1.82, 2.24) is 5.32 Å². The van der Waals surface area contributed by atoms with Crippen LogP contribution in [0.15, 0.2) is 85.1 Å². The number of allylic oxidation sites excluding steroid dienone is 14. The van der Waals surface area contributed by atoms with Crippen molar-refractivity contribution < 1.29 is 15.0 Å². The molecule has 0 radical (unpaired) electrons. The molecule has 0 aromatic carbocycles. The first kappa shape index (κ1) is 72.6. The van der Waals surface area contributed by atoms with Crippen LogP contribution in [0.25, 0.3) is 0 Å². The van der Waals surface area contributed by atoms with E-state index in [0.717, 1.165) is 70.6 Å². The van der Waals surface area contributed by atoms with E-state index in [2.05, 4.69) is 104 Å². The Bertz CT molecular complexity index is 1320. The van der Waals surface area contributed by atoms with Gasteiger partial charge in [0.2, 0.25) is 5.91 Å². The Morgan fingerprint density at radius 3 is 0.880 bits per heavy atom. The molecule has 0 spiro atoms. The Hall–Kier alpha value is -2.43. The van der Waals surface area contributed by atoms with E-state index in [1.54, 1.807) is 0 Å². The fourth-order valence-corrected chi connectivity index (χ4v) is 10.2. The normalized spacial score (nSPS) is 13.3. The second kappa shape index (κ2) is 65.9. The molecule has 0 saturated heterocycles. The summed E-state index contributed by atoms with van der Waals surface area (Å²) in [6.07, 6.45) is 96.1. The second-order valence-electron chi connectivity index (χ2n) is 22.5. The average molecular weight is 1040 g/mol. The zero-order valence-corrected chi connectivity index (χ0v) is 50.3. The molecule has 3 N–H and O–H groups in total. The minimum atomic E-state index is -0.667. The molecule has 1 amide bonds. The van der Waals surface area contributed by atoms with E-state index in [1.165, 1.54) is 244 Å². The standard InChI is InChI=1S/C71H129NO3/c1-3-5-7-9-11-13-15-17-19-21-23-25-27-29-31-33-35-36-37-39-41-43-45-47-49-51-53-55-57-59-61-63-65-67-71(75)72-69(68-73)70(74)66-64-62-60-58-56-54-52-50-48-46-44-42-40-38-34-32-30-28-26-24-22-20-18-16-14-12-10-8-6-4-2/h5,7,11,13,17,19,23,25,29,31,35-36,39,41,69-70,73-74H,3-4,6,8-10,12,14-16,18,20-22,24,26-28,30,32-34,37-38,40,42-68H2,1-2H3,(H,72,75)/b7-5-,13-11-,19-17-,25-23-,31-29-,36-35-,41-39-. The van der Waals surface area contributed by atoms with Crippen LogP contribution in [0.3, 0.4) is 0 Å². The van der Waals surface area contributed by atoms with Gasteiger partial charge < -0.3 is 15.5 Å². The van der Waals surface area contributed by atoms with Gasteiger partial charge in [-0.25, -0.2) is 0 Å². The highest BCUT2D eigenvalue weighted by Crippen LogP contribution is 2.18. The van der Waals surface area contributed by atoms with E-state index in [-0.39, 0.29) is 12.5 Å². The summed E-state index contributed by atoms with van der Waals surface area (Å²) < 4.78 is 0. The number of hydrogen-bond acceptors (Lipinski definition) is 3. The van der Waals surface area contributed by atoms with Crippen molar-refractivity contribution in [2.24, 2.45) is 0 Å². The van der Waals surface area contributed by atoms with Gasteiger partial charge in [0.15, 0.2) is 0 Å². The molecule has 2 atom stereocenters. The summed E-state index contributed by atoms with van der Waals surface area (Å²) in [6, 6.07) is -0.545. The van der Waals surface area contributed by atoms with Crippen molar-refractivity contribution in [2.45, 2.75) is 353 Å². The molecule has 4 heteroatoms. The Morgan fingerprint density at radius 1 is 0.333 bits per heavy atom. The molecule has 0 fully saturated rings. The zero-order valence-electron chi connectivity index (χ0n) is 50.3. The molecule has 0 aliphatic rings. The highest BCUT2D eigenvalue weighted by atomic mass is 16.3. The fraction of sp³-hybridized carbons (Fsp3) is 0.789. The maximum Gasteiger partial charge on any atom is 0.220 e. The topological polar surface area (TPSA) is 69.6 Å². The number of carbonyl (C=O) groups is 1.